The molecule has 144 valence electrons. The molecule has 2 N–H and O–H groups in total. The summed E-state index contributed by atoms with van der Waals surface area (Å²) in [6, 6.07) is 11.6. The molecule has 1 aliphatic rings. The van der Waals surface area contributed by atoms with Gasteiger partial charge in [-0.05, 0) is 36.4 Å². The Bertz CT molecular complexity index is 930. The number of nitrogens with zero attached hydrogens (tertiary/aromatic N) is 2. The van der Waals surface area contributed by atoms with Crippen molar-refractivity contribution in [3.63, 3.8) is 0 Å². The van der Waals surface area contributed by atoms with Crippen molar-refractivity contribution in [2.45, 2.75) is 6.42 Å². The highest BCUT2D eigenvalue weighted by Gasteiger charge is 2.35. The first-order valence-electron chi connectivity index (χ1n) is 8.26. The van der Waals surface area contributed by atoms with E-state index in [1.54, 1.807) is 12.1 Å². The van der Waals surface area contributed by atoms with Gasteiger partial charge >= 0.3 is 0 Å². The third-order valence-corrected chi connectivity index (χ3v) is 4.53. The smallest absolute Gasteiger partial charge is 0.269 e. The molecule has 0 radical (unpaired) electrons. The van der Waals surface area contributed by atoms with E-state index in [0.717, 1.165) is 0 Å². The van der Waals surface area contributed by atoms with Gasteiger partial charge in [-0.3, -0.25) is 35.3 Å². The van der Waals surface area contributed by atoms with E-state index in [4.69, 9.17) is 11.6 Å². The summed E-state index contributed by atoms with van der Waals surface area (Å²) in [4.78, 5) is 48.1. The van der Waals surface area contributed by atoms with Crippen LogP contribution in [0.25, 0.3) is 0 Å². The maximum Gasteiger partial charge on any atom is 0.269 e. The van der Waals surface area contributed by atoms with Gasteiger partial charge in [0.2, 0.25) is 11.8 Å². The lowest BCUT2D eigenvalue weighted by molar-refractivity contribution is -0.384. The predicted octanol–water partition coefficient (Wildman–Crippen LogP) is 2.06. The van der Waals surface area contributed by atoms with Crippen LogP contribution in [0.1, 0.15) is 16.8 Å². The molecule has 1 aliphatic heterocycles. The number of hydrazine groups is 1. The normalized spacial score (nSPS) is 16.0. The van der Waals surface area contributed by atoms with Gasteiger partial charge in [0.1, 0.15) is 0 Å². The second-order valence-corrected chi connectivity index (χ2v) is 6.57. The van der Waals surface area contributed by atoms with Crippen LogP contribution in [0.3, 0.4) is 0 Å². The van der Waals surface area contributed by atoms with Crippen LogP contribution in [0.4, 0.5) is 11.4 Å². The molecule has 3 rings (SSSR count). The minimum absolute atomic E-state index is 0.0281. The van der Waals surface area contributed by atoms with Crippen LogP contribution in [0.5, 0.6) is 0 Å². The number of nitro groups is 1. The summed E-state index contributed by atoms with van der Waals surface area (Å²) in [6.07, 6.45) is -0.0281. The topological polar surface area (TPSA) is 122 Å². The van der Waals surface area contributed by atoms with Crippen LogP contribution >= 0.6 is 11.6 Å². The molecule has 28 heavy (non-hydrogen) atoms. The van der Waals surface area contributed by atoms with Gasteiger partial charge in [-0.2, -0.15) is 0 Å². The fourth-order valence-electron chi connectivity index (χ4n) is 2.78. The number of halogens is 1. The van der Waals surface area contributed by atoms with Gasteiger partial charge in [-0.25, -0.2) is 0 Å². The van der Waals surface area contributed by atoms with E-state index < -0.39 is 22.7 Å². The summed E-state index contributed by atoms with van der Waals surface area (Å²) in [5.41, 5.74) is 5.31. The van der Waals surface area contributed by atoms with Crippen molar-refractivity contribution < 1.29 is 19.3 Å². The van der Waals surface area contributed by atoms with Crippen molar-refractivity contribution in [3.05, 3.63) is 69.2 Å². The van der Waals surface area contributed by atoms with Crippen molar-refractivity contribution in [2.24, 2.45) is 5.92 Å². The molecular formula is C18H15ClN4O5. The molecule has 1 heterocycles. The maximum absolute atomic E-state index is 12.3. The Morgan fingerprint density at radius 1 is 1.07 bits per heavy atom. The zero-order chi connectivity index (χ0) is 20.3. The molecule has 9 nitrogen and oxygen atoms in total. The summed E-state index contributed by atoms with van der Waals surface area (Å²) in [5, 5.41) is 11.2. The van der Waals surface area contributed by atoms with E-state index in [0.29, 0.717) is 16.3 Å². The number of carbonyl (C=O) groups is 3. The fraction of sp³-hybridized carbons (Fsp3) is 0.167. The Balaban J connectivity index is 1.58. The van der Waals surface area contributed by atoms with Crippen molar-refractivity contribution >= 4 is 40.7 Å². The zero-order valence-electron chi connectivity index (χ0n) is 14.4. The first-order chi connectivity index (χ1) is 13.3. The molecule has 0 bridgehead atoms. The third kappa shape index (κ3) is 4.26. The molecule has 0 aromatic heterocycles. The minimum Gasteiger partial charge on any atom is -0.312 e. The highest BCUT2D eigenvalue weighted by Crippen LogP contribution is 2.26. The molecule has 3 amide bonds. The van der Waals surface area contributed by atoms with E-state index in [-0.39, 0.29) is 24.6 Å². The first-order valence-corrected chi connectivity index (χ1v) is 8.63. The Morgan fingerprint density at radius 3 is 2.32 bits per heavy atom. The molecule has 0 spiro atoms. The number of carbonyl (C=O) groups excluding carboxylic acids is 3. The first kappa shape index (κ1) is 19.3. The van der Waals surface area contributed by atoms with Gasteiger partial charge in [0.15, 0.2) is 0 Å². The predicted molar refractivity (Wildman–Crippen MR) is 101 cm³/mol. The lowest BCUT2D eigenvalue weighted by Crippen LogP contribution is -2.45. The number of non-ortho nitro benzene ring substituents is 1. The second-order valence-electron chi connectivity index (χ2n) is 6.13. The quantitative estimate of drug-likeness (QED) is 0.598. The molecular weight excluding hydrogens is 388 g/mol. The summed E-state index contributed by atoms with van der Waals surface area (Å²) in [5.74, 6) is -1.95. The average Bonchev–Trinajstić information content (AvgIpc) is 3.08. The van der Waals surface area contributed by atoms with Gasteiger partial charge in [0, 0.05) is 41.4 Å². The van der Waals surface area contributed by atoms with Crippen LogP contribution < -0.4 is 15.8 Å². The van der Waals surface area contributed by atoms with Crippen molar-refractivity contribution in [3.8, 4) is 0 Å². The summed E-state index contributed by atoms with van der Waals surface area (Å²) < 4.78 is 0. The minimum atomic E-state index is -0.659. The van der Waals surface area contributed by atoms with Crippen molar-refractivity contribution in [2.75, 3.05) is 11.4 Å². The number of nitrogens with one attached hydrogen (secondary N) is 2. The Labute approximate surface area is 164 Å². The lowest BCUT2D eigenvalue weighted by Gasteiger charge is -2.16. The average molecular weight is 403 g/mol. The Hall–Kier alpha value is -3.46. The van der Waals surface area contributed by atoms with E-state index in [1.165, 1.54) is 41.3 Å². The summed E-state index contributed by atoms with van der Waals surface area (Å²) >= 11 is 5.76. The number of amides is 3. The number of benzene rings is 2. The number of anilines is 1. The molecule has 0 aliphatic carbocycles. The number of hydrogen-bond acceptors (Lipinski definition) is 5. The Morgan fingerprint density at radius 2 is 1.71 bits per heavy atom. The molecule has 10 heteroatoms. The number of nitro benzene ring substituents is 1. The van der Waals surface area contributed by atoms with E-state index in [1.807, 2.05) is 0 Å². The Kier molecular flexibility index (Phi) is 5.55. The third-order valence-electron chi connectivity index (χ3n) is 4.27. The highest BCUT2D eigenvalue weighted by molar-refractivity contribution is 6.30. The second kappa shape index (κ2) is 8.05. The highest BCUT2D eigenvalue weighted by atomic mass is 35.5. The SMILES string of the molecule is O=C(NNC(=O)[C@@H]1CC(=O)N(c2ccc([N+](=O)[O-])cc2)C1)c1ccc(Cl)cc1. The molecule has 1 saturated heterocycles. The largest absolute Gasteiger partial charge is 0.312 e. The molecule has 1 fully saturated rings. The van der Waals surface area contributed by atoms with E-state index in [2.05, 4.69) is 10.9 Å². The van der Waals surface area contributed by atoms with Gasteiger partial charge < -0.3 is 4.90 Å². The zero-order valence-corrected chi connectivity index (χ0v) is 15.2. The maximum atomic E-state index is 12.3. The summed E-state index contributed by atoms with van der Waals surface area (Å²) in [7, 11) is 0. The number of rotatable bonds is 4. The fourth-order valence-corrected chi connectivity index (χ4v) is 2.91. The van der Waals surface area contributed by atoms with E-state index >= 15 is 0 Å². The van der Waals surface area contributed by atoms with Crippen molar-refractivity contribution in [1.82, 2.24) is 10.9 Å². The van der Waals surface area contributed by atoms with Crippen molar-refractivity contribution in [1.29, 1.82) is 0 Å². The molecule has 0 unspecified atom stereocenters. The number of hydrogen-bond donors (Lipinski definition) is 2. The van der Waals surface area contributed by atoms with Gasteiger partial charge in [-0.1, -0.05) is 11.6 Å². The van der Waals surface area contributed by atoms with Gasteiger partial charge in [0.05, 0.1) is 10.8 Å². The van der Waals surface area contributed by atoms with Crippen LogP contribution in [0, 0.1) is 16.0 Å². The van der Waals surface area contributed by atoms with Crippen LogP contribution in [0.15, 0.2) is 48.5 Å². The van der Waals surface area contributed by atoms with Gasteiger partial charge in [0.25, 0.3) is 11.6 Å². The van der Waals surface area contributed by atoms with Gasteiger partial charge in [-0.15, -0.1) is 0 Å². The molecule has 1 atom stereocenters. The molecule has 2 aromatic rings. The van der Waals surface area contributed by atoms with Crippen LogP contribution in [-0.2, 0) is 9.59 Å². The summed E-state index contributed by atoms with van der Waals surface area (Å²) in [6.45, 7) is 0.110. The van der Waals surface area contributed by atoms with E-state index in [9.17, 15) is 24.5 Å². The lowest BCUT2D eigenvalue weighted by atomic mass is 10.1. The monoisotopic (exact) mass is 402 g/mol. The molecule has 0 saturated carbocycles. The van der Waals surface area contributed by atoms with Crippen LogP contribution in [-0.4, -0.2) is 29.2 Å². The molecule has 2 aromatic carbocycles. The van der Waals surface area contributed by atoms with Crippen LogP contribution in [0.2, 0.25) is 5.02 Å². The standard InChI is InChI=1S/C18H15ClN4O5/c19-13-3-1-11(2-4-13)17(25)20-21-18(26)12-9-16(24)22(10-12)14-5-7-15(8-6-14)23(27)28/h1-8,12H,9-10H2,(H,20,25)(H,21,26)/t12-/m1/s1.